The summed E-state index contributed by atoms with van der Waals surface area (Å²) in [5.41, 5.74) is 5.30. The Balaban J connectivity index is 2.07. The van der Waals surface area contributed by atoms with Gasteiger partial charge in [-0.1, -0.05) is 49.4 Å². The number of halogens is 3. The third-order valence-electron chi connectivity index (χ3n) is 7.24. The van der Waals surface area contributed by atoms with Gasteiger partial charge in [-0.3, -0.25) is 4.79 Å². The largest absolute Gasteiger partial charge is 0.493 e. The number of amides is 2. The Morgan fingerprint density at radius 3 is 2.05 bits per heavy atom. The van der Waals surface area contributed by atoms with Crippen LogP contribution in [0, 0.1) is 5.92 Å². The maximum Gasteiger partial charge on any atom is 0.416 e. The van der Waals surface area contributed by atoms with E-state index in [1.54, 1.807) is 43.9 Å². The predicted octanol–water partition coefficient (Wildman–Crippen LogP) is 6.59. The second-order valence-corrected chi connectivity index (χ2v) is 10.2. The maximum absolute atomic E-state index is 14.5. The monoisotopic (exact) mass is 572 g/mol. The molecule has 220 valence electrons. The van der Waals surface area contributed by atoms with E-state index in [0.29, 0.717) is 28.3 Å². The van der Waals surface area contributed by atoms with E-state index < -0.39 is 35.3 Å². The molecule has 0 aliphatic rings. The summed E-state index contributed by atoms with van der Waals surface area (Å²) in [5.74, 6) is -0.733. The number of carbonyl (C=O) groups excluding carboxylic acids is 2. The number of nitrogens with zero attached hydrogens (tertiary/aromatic N) is 1. The number of methoxy groups -OCH3 is 2. The second kappa shape index (κ2) is 13.0. The molecule has 2 atom stereocenters. The fourth-order valence-electron chi connectivity index (χ4n) is 4.69. The highest BCUT2D eigenvalue weighted by molar-refractivity contribution is 5.98. The number of nitrogens with two attached hydrogens (primary N) is 1. The van der Waals surface area contributed by atoms with Crippen molar-refractivity contribution < 1.29 is 37.0 Å². The van der Waals surface area contributed by atoms with E-state index >= 15 is 0 Å². The minimum atomic E-state index is -4.45. The predicted molar refractivity (Wildman–Crippen MR) is 150 cm³/mol. The van der Waals surface area contributed by atoms with Crippen LogP contribution in [0.3, 0.4) is 0 Å². The van der Waals surface area contributed by atoms with Gasteiger partial charge in [-0.2, -0.15) is 13.2 Å². The molecule has 0 spiro atoms. The van der Waals surface area contributed by atoms with Gasteiger partial charge in [-0.25, -0.2) is 4.79 Å². The third kappa shape index (κ3) is 7.71. The Morgan fingerprint density at radius 2 is 1.51 bits per heavy atom. The van der Waals surface area contributed by atoms with Crippen LogP contribution in [0.25, 0.3) is 0 Å². The summed E-state index contributed by atoms with van der Waals surface area (Å²) in [7, 11) is 2.98. The molecule has 0 aliphatic carbocycles. The normalized spacial score (nSPS) is 13.2. The molecule has 0 radical (unpaired) electrons. The lowest BCUT2D eigenvalue weighted by molar-refractivity contribution is -0.137. The highest BCUT2D eigenvalue weighted by Crippen LogP contribution is 2.39. The van der Waals surface area contributed by atoms with Crippen LogP contribution in [-0.4, -0.2) is 38.4 Å². The van der Waals surface area contributed by atoms with Gasteiger partial charge in [0.15, 0.2) is 11.5 Å². The molecule has 2 N–H and O–H groups in total. The van der Waals surface area contributed by atoms with E-state index in [0.717, 1.165) is 12.1 Å². The van der Waals surface area contributed by atoms with Gasteiger partial charge in [0, 0.05) is 24.2 Å². The first-order chi connectivity index (χ1) is 19.3. The molecule has 0 aliphatic heterocycles. The van der Waals surface area contributed by atoms with Gasteiger partial charge in [-0.15, -0.1) is 0 Å². The van der Waals surface area contributed by atoms with E-state index in [1.807, 2.05) is 30.3 Å². The SMILES string of the molecule is COc1ccc(N(CCc2ccc(C(F)(F)F)cc2)C(=O)C(c2ccccc2)C(C)C(C)(C)OC(N)=O)cc1OC. The molecule has 41 heavy (non-hydrogen) atoms. The van der Waals surface area contributed by atoms with E-state index in [1.165, 1.54) is 26.4 Å². The number of benzene rings is 3. The van der Waals surface area contributed by atoms with Gasteiger partial charge in [-0.05, 0) is 55.7 Å². The smallest absolute Gasteiger partial charge is 0.416 e. The Bertz CT molecular complexity index is 1330. The van der Waals surface area contributed by atoms with Gasteiger partial charge in [0.2, 0.25) is 5.91 Å². The highest BCUT2D eigenvalue weighted by Gasteiger charge is 2.41. The zero-order valence-corrected chi connectivity index (χ0v) is 23.7. The van der Waals surface area contributed by atoms with E-state index in [9.17, 15) is 22.8 Å². The summed E-state index contributed by atoms with van der Waals surface area (Å²) in [6.45, 7) is 5.33. The minimum absolute atomic E-state index is 0.146. The molecule has 2 unspecified atom stereocenters. The van der Waals surface area contributed by atoms with Crippen LogP contribution >= 0.6 is 0 Å². The molecule has 0 saturated heterocycles. The number of anilines is 1. The van der Waals surface area contributed by atoms with Crippen molar-refractivity contribution in [3.8, 4) is 11.5 Å². The number of rotatable bonds is 11. The molecule has 7 nitrogen and oxygen atoms in total. The van der Waals surface area contributed by atoms with Crippen LogP contribution in [0.1, 0.15) is 43.4 Å². The highest BCUT2D eigenvalue weighted by atomic mass is 19.4. The van der Waals surface area contributed by atoms with Crippen LogP contribution in [0.5, 0.6) is 11.5 Å². The van der Waals surface area contributed by atoms with Crippen LogP contribution < -0.4 is 20.1 Å². The van der Waals surface area contributed by atoms with Crippen molar-refractivity contribution in [2.24, 2.45) is 11.7 Å². The zero-order valence-electron chi connectivity index (χ0n) is 23.7. The lowest BCUT2D eigenvalue weighted by Crippen LogP contribution is -2.46. The zero-order chi connectivity index (χ0) is 30.4. The Kier molecular flexibility index (Phi) is 9.91. The summed E-state index contributed by atoms with van der Waals surface area (Å²) in [5, 5.41) is 0. The molecule has 0 saturated carbocycles. The number of hydrogen-bond acceptors (Lipinski definition) is 5. The minimum Gasteiger partial charge on any atom is -0.493 e. The number of ether oxygens (including phenoxy) is 3. The van der Waals surface area contributed by atoms with Crippen molar-refractivity contribution >= 4 is 17.7 Å². The lowest BCUT2D eigenvalue weighted by atomic mass is 9.76. The number of hydrogen-bond donors (Lipinski definition) is 1. The molecule has 3 rings (SSSR count). The maximum atomic E-state index is 14.5. The van der Waals surface area contributed by atoms with E-state index in [-0.39, 0.29) is 18.9 Å². The van der Waals surface area contributed by atoms with Crippen molar-refractivity contribution in [1.29, 1.82) is 0 Å². The van der Waals surface area contributed by atoms with Crippen LogP contribution in [0.4, 0.5) is 23.7 Å². The Hall–Kier alpha value is -4.21. The second-order valence-electron chi connectivity index (χ2n) is 10.2. The fraction of sp³-hybridized carbons (Fsp3) is 0.355. The standard InChI is InChI=1S/C31H35F3N2O5/c1-20(30(2,3)41-29(35)38)27(22-9-7-6-8-10-22)28(37)36(24-15-16-25(39-4)26(19-24)40-5)18-17-21-11-13-23(14-12-21)31(32,33)34/h6-16,19-20,27H,17-18H2,1-5H3,(H2,35,38). The molecular weight excluding hydrogens is 537 g/mol. The summed E-state index contributed by atoms with van der Waals surface area (Å²) in [6, 6.07) is 19.0. The first-order valence-corrected chi connectivity index (χ1v) is 13.0. The average molecular weight is 573 g/mol. The molecule has 0 fully saturated rings. The van der Waals surface area contributed by atoms with Crippen molar-refractivity contribution in [2.75, 3.05) is 25.7 Å². The number of alkyl halides is 3. The summed E-state index contributed by atoms with van der Waals surface area (Å²) >= 11 is 0. The number of carbonyl (C=O) groups is 2. The van der Waals surface area contributed by atoms with Gasteiger partial charge >= 0.3 is 12.3 Å². The Labute approximate surface area is 238 Å². The van der Waals surface area contributed by atoms with E-state index in [2.05, 4.69) is 0 Å². The van der Waals surface area contributed by atoms with Gasteiger partial charge in [0.25, 0.3) is 0 Å². The quantitative estimate of drug-likeness (QED) is 0.280. The molecule has 3 aromatic rings. The molecule has 0 bridgehead atoms. The molecule has 2 amide bonds. The Morgan fingerprint density at radius 1 is 0.902 bits per heavy atom. The van der Waals surface area contributed by atoms with Crippen LogP contribution in [0.2, 0.25) is 0 Å². The van der Waals surface area contributed by atoms with Crippen molar-refractivity contribution in [3.05, 3.63) is 89.5 Å². The average Bonchev–Trinajstić information content (AvgIpc) is 2.92. The number of primary amides is 1. The fourth-order valence-corrected chi connectivity index (χ4v) is 4.69. The molecule has 3 aromatic carbocycles. The molecule has 10 heteroatoms. The lowest BCUT2D eigenvalue weighted by Gasteiger charge is -2.38. The summed E-state index contributed by atoms with van der Waals surface area (Å²) < 4.78 is 55.5. The summed E-state index contributed by atoms with van der Waals surface area (Å²) in [4.78, 5) is 27.8. The van der Waals surface area contributed by atoms with Crippen molar-refractivity contribution in [2.45, 2.75) is 44.9 Å². The molecule has 0 heterocycles. The third-order valence-corrected chi connectivity index (χ3v) is 7.24. The van der Waals surface area contributed by atoms with Gasteiger partial charge in [0.1, 0.15) is 5.60 Å². The molecular formula is C31H35F3N2O5. The first-order valence-electron chi connectivity index (χ1n) is 13.0. The van der Waals surface area contributed by atoms with Crippen molar-refractivity contribution in [3.63, 3.8) is 0 Å². The first kappa shape index (κ1) is 31.3. The van der Waals surface area contributed by atoms with Crippen LogP contribution in [0.15, 0.2) is 72.8 Å². The molecule has 0 aromatic heterocycles. The van der Waals surface area contributed by atoms with Gasteiger partial charge < -0.3 is 24.8 Å². The van der Waals surface area contributed by atoms with Gasteiger partial charge in [0.05, 0.1) is 25.7 Å². The van der Waals surface area contributed by atoms with Crippen molar-refractivity contribution in [1.82, 2.24) is 0 Å². The topological polar surface area (TPSA) is 91.1 Å². The van der Waals surface area contributed by atoms with E-state index in [4.69, 9.17) is 19.9 Å². The van der Waals surface area contributed by atoms with Crippen LogP contribution in [-0.2, 0) is 22.1 Å². The summed E-state index contributed by atoms with van der Waals surface area (Å²) in [6.07, 6.45) is -5.13.